The predicted octanol–water partition coefficient (Wildman–Crippen LogP) is 1.88. The number of rotatable bonds is 3. The van der Waals surface area contributed by atoms with Crippen molar-refractivity contribution in [1.82, 2.24) is 20.2 Å². The van der Waals surface area contributed by atoms with Crippen LogP contribution in [0.4, 0.5) is 4.79 Å². The minimum absolute atomic E-state index is 0.154. The summed E-state index contributed by atoms with van der Waals surface area (Å²) < 4.78 is 6.57. The van der Waals surface area contributed by atoms with Gasteiger partial charge in [0.25, 0.3) is 11.5 Å². The molecule has 1 saturated heterocycles. The molecule has 1 aliphatic heterocycles. The van der Waals surface area contributed by atoms with E-state index in [1.807, 2.05) is 0 Å². The van der Waals surface area contributed by atoms with Crippen LogP contribution in [0.2, 0.25) is 0 Å². The number of fused-ring (bicyclic) bond motifs is 1. The summed E-state index contributed by atoms with van der Waals surface area (Å²) in [6.45, 7) is 8.85. The fraction of sp³-hybridized carbons (Fsp3) is 0.476. The van der Waals surface area contributed by atoms with Crippen LogP contribution in [0.3, 0.4) is 0 Å². The van der Waals surface area contributed by atoms with E-state index in [2.05, 4.69) is 15.6 Å². The van der Waals surface area contributed by atoms with Gasteiger partial charge in [-0.3, -0.25) is 24.3 Å². The van der Waals surface area contributed by atoms with E-state index in [1.54, 1.807) is 52.8 Å². The van der Waals surface area contributed by atoms with Crippen LogP contribution in [0, 0.1) is 6.92 Å². The van der Waals surface area contributed by atoms with Gasteiger partial charge in [-0.2, -0.15) is 0 Å². The van der Waals surface area contributed by atoms with Gasteiger partial charge in [0.05, 0.1) is 10.9 Å². The van der Waals surface area contributed by atoms with Gasteiger partial charge in [-0.1, -0.05) is 6.07 Å². The smallest absolute Gasteiger partial charge is 0.407 e. The second-order valence-electron chi connectivity index (χ2n) is 8.66. The molecule has 3 amide bonds. The Labute approximate surface area is 173 Å². The molecule has 3 rings (SSSR count). The molecule has 30 heavy (non-hydrogen) atoms. The normalized spacial score (nSPS) is 19.5. The highest BCUT2D eigenvalue weighted by Crippen LogP contribution is 2.26. The summed E-state index contributed by atoms with van der Waals surface area (Å²) >= 11 is 0. The number of aromatic nitrogens is 2. The molecule has 0 bridgehead atoms. The Morgan fingerprint density at radius 1 is 1.30 bits per heavy atom. The van der Waals surface area contributed by atoms with E-state index in [1.165, 1.54) is 4.57 Å². The summed E-state index contributed by atoms with van der Waals surface area (Å²) in [5.41, 5.74) is -0.912. The van der Waals surface area contributed by atoms with Gasteiger partial charge in [0.2, 0.25) is 5.91 Å². The lowest BCUT2D eigenvalue weighted by molar-refractivity contribution is -0.140. The highest BCUT2D eigenvalue weighted by Gasteiger charge is 2.42. The molecule has 0 spiro atoms. The van der Waals surface area contributed by atoms with Crippen LogP contribution in [-0.2, 0) is 26.4 Å². The number of carbonyl (C=O) groups excluding carboxylic acids is 3. The minimum Gasteiger partial charge on any atom is -0.444 e. The first-order valence-electron chi connectivity index (χ1n) is 9.75. The maximum Gasteiger partial charge on any atom is 0.407 e. The topological polar surface area (TPSA) is 119 Å². The van der Waals surface area contributed by atoms with Crippen molar-refractivity contribution in [2.75, 3.05) is 0 Å². The molecule has 1 aromatic heterocycles. The van der Waals surface area contributed by atoms with E-state index < -0.39 is 23.1 Å². The monoisotopic (exact) mass is 414 g/mol. The maximum atomic E-state index is 13.2. The molecule has 1 aromatic carbocycles. The number of benzene rings is 1. The summed E-state index contributed by atoms with van der Waals surface area (Å²) in [5.74, 6) is -0.487. The van der Waals surface area contributed by atoms with Crippen molar-refractivity contribution in [2.45, 2.75) is 65.1 Å². The third kappa shape index (κ3) is 4.19. The second-order valence-corrected chi connectivity index (χ2v) is 8.66. The van der Waals surface area contributed by atoms with Crippen LogP contribution < -0.4 is 16.2 Å². The second kappa shape index (κ2) is 7.55. The van der Waals surface area contributed by atoms with Crippen molar-refractivity contribution in [1.29, 1.82) is 0 Å². The number of ether oxygens (including phenoxy) is 1. The van der Waals surface area contributed by atoms with Crippen LogP contribution in [0.15, 0.2) is 23.0 Å². The van der Waals surface area contributed by atoms with Gasteiger partial charge in [0.15, 0.2) is 0 Å². The van der Waals surface area contributed by atoms with E-state index in [0.717, 1.165) is 5.56 Å². The summed E-state index contributed by atoms with van der Waals surface area (Å²) in [7, 11) is 0. The molecule has 9 heteroatoms. The van der Waals surface area contributed by atoms with Crippen molar-refractivity contribution >= 4 is 28.8 Å². The SMILES string of the molecule is Cc1nc2cc(CNC(=O)OC(C)(C)C)ccc2c(=O)n1C1(C)CCC(=O)NC1=O. The number of hydrogen-bond donors (Lipinski definition) is 2. The Kier molecular flexibility index (Phi) is 5.40. The molecule has 1 fully saturated rings. The van der Waals surface area contributed by atoms with Crippen LogP contribution in [-0.4, -0.2) is 33.1 Å². The third-order valence-corrected chi connectivity index (χ3v) is 5.01. The maximum absolute atomic E-state index is 13.2. The predicted molar refractivity (Wildman–Crippen MR) is 110 cm³/mol. The van der Waals surface area contributed by atoms with Crippen molar-refractivity contribution in [3.05, 3.63) is 39.9 Å². The summed E-state index contributed by atoms with van der Waals surface area (Å²) in [6, 6.07) is 5.06. The summed E-state index contributed by atoms with van der Waals surface area (Å²) in [4.78, 5) is 53.6. The zero-order valence-electron chi connectivity index (χ0n) is 17.8. The van der Waals surface area contributed by atoms with Gasteiger partial charge in [0, 0.05) is 13.0 Å². The Morgan fingerprint density at radius 2 is 2.00 bits per heavy atom. The van der Waals surface area contributed by atoms with Crippen LogP contribution >= 0.6 is 0 Å². The highest BCUT2D eigenvalue weighted by molar-refractivity contribution is 6.01. The molecule has 1 unspecified atom stereocenters. The molecule has 0 radical (unpaired) electrons. The molecular formula is C21H26N4O5. The van der Waals surface area contributed by atoms with E-state index >= 15 is 0 Å². The number of nitrogens with one attached hydrogen (secondary N) is 2. The zero-order chi connectivity index (χ0) is 22.3. The van der Waals surface area contributed by atoms with E-state index in [0.29, 0.717) is 16.7 Å². The van der Waals surface area contributed by atoms with Gasteiger partial charge in [-0.15, -0.1) is 0 Å². The van der Waals surface area contributed by atoms with Crippen molar-refractivity contribution in [3.8, 4) is 0 Å². The van der Waals surface area contributed by atoms with Crippen molar-refractivity contribution in [2.24, 2.45) is 0 Å². The fourth-order valence-corrected chi connectivity index (χ4v) is 3.53. The van der Waals surface area contributed by atoms with Crippen LogP contribution in [0.1, 0.15) is 51.9 Å². The fourth-order valence-electron chi connectivity index (χ4n) is 3.53. The Hall–Kier alpha value is -3.23. The molecule has 2 aromatic rings. The molecule has 0 saturated carbocycles. The summed E-state index contributed by atoms with van der Waals surface area (Å²) in [6.07, 6.45) is -0.154. The van der Waals surface area contributed by atoms with Crippen LogP contribution in [0.25, 0.3) is 10.9 Å². The number of alkyl carbamates (subject to hydrolysis) is 1. The highest BCUT2D eigenvalue weighted by atomic mass is 16.6. The molecule has 0 aliphatic carbocycles. The largest absolute Gasteiger partial charge is 0.444 e. The lowest BCUT2D eigenvalue weighted by atomic mass is 9.90. The lowest BCUT2D eigenvalue weighted by Gasteiger charge is -2.34. The average Bonchev–Trinajstić information content (AvgIpc) is 2.62. The Morgan fingerprint density at radius 3 is 2.63 bits per heavy atom. The number of piperidine rings is 1. The summed E-state index contributed by atoms with van der Waals surface area (Å²) in [5, 5.41) is 5.33. The zero-order valence-corrected chi connectivity index (χ0v) is 17.8. The molecule has 1 aliphatic rings. The standard InChI is InChI=1S/C21H26N4O5/c1-12-23-15-10-13(11-22-19(29)30-20(2,3)4)6-7-14(15)17(27)25(12)21(5)9-8-16(26)24-18(21)28/h6-7,10H,8-9,11H2,1-5H3,(H,22,29)(H,24,26,28). The van der Waals surface area contributed by atoms with Gasteiger partial charge < -0.3 is 10.1 Å². The number of nitrogens with zero attached hydrogens (tertiary/aromatic N) is 2. The quantitative estimate of drug-likeness (QED) is 0.740. The molecule has 1 atom stereocenters. The molecule has 2 heterocycles. The lowest BCUT2D eigenvalue weighted by Crippen LogP contribution is -2.56. The number of aryl methyl sites for hydroxylation is 1. The number of amides is 3. The van der Waals surface area contributed by atoms with Crippen molar-refractivity contribution in [3.63, 3.8) is 0 Å². The van der Waals surface area contributed by atoms with E-state index in [-0.39, 0.29) is 30.9 Å². The molecular weight excluding hydrogens is 388 g/mol. The first kappa shape index (κ1) is 21.5. The Balaban J connectivity index is 1.92. The van der Waals surface area contributed by atoms with Gasteiger partial charge in [0.1, 0.15) is 17.0 Å². The third-order valence-electron chi connectivity index (χ3n) is 5.01. The number of imide groups is 1. The Bertz CT molecular complexity index is 1100. The molecule has 2 N–H and O–H groups in total. The van der Waals surface area contributed by atoms with Gasteiger partial charge in [-0.25, -0.2) is 9.78 Å². The van der Waals surface area contributed by atoms with E-state index in [9.17, 15) is 19.2 Å². The number of hydrogen-bond acceptors (Lipinski definition) is 6. The average molecular weight is 414 g/mol. The van der Waals surface area contributed by atoms with E-state index in [4.69, 9.17) is 4.74 Å². The first-order valence-corrected chi connectivity index (χ1v) is 9.75. The van der Waals surface area contributed by atoms with Crippen LogP contribution in [0.5, 0.6) is 0 Å². The van der Waals surface area contributed by atoms with Gasteiger partial charge in [-0.05, 0) is 58.7 Å². The molecule has 160 valence electrons. The van der Waals surface area contributed by atoms with Gasteiger partial charge >= 0.3 is 6.09 Å². The number of carbonyl (C=O) groups is 3. The first-order chi connectivity index (χ1) is 13.9. The van der Waals surface area contributed by atoms with Crippen molar-refractivity contribution < 1.29 is 19.1 Å². The molecule has 9 nitrogen and oxygen atoms in total. The minimum atomic E-state index is -1.19.